The van der Waals surface area contributed by atoms with Crippen LogP contribution in [0, 0.1) is 0 Å². The van der Waals surface area contributed by atoms with Gasteiger partial charge in [-0.1, -0.05) is 24.3 Å². The molecule has 2 rings (SSSR count). The van der Waals surface area contributed by atoms with Crippen molar-refractivity contribution < 1.29 is 12.3 Å². The number of hydrogen-bond donors (Lipinski definition) is 0. The van der Waals surface area contributed by atoms with Crippen LogP contribution in [0.1, 0.15) is 29.9 Å². The standard InChI is InChI=1S/C11H13FO2S/c12-15(13,14)8-10-6-3-5-9-4-1-2-7-11(9)10/h1-2,4,7,10H,3,5-6,8H2. The topological polar surface area (TPSA) is 34.1 Å². The first-order chi connectivity index (χ1) is 7.06. The van der Waals surface area contributed by atoms with E-state index < -0.39 is 10.2 Å². The minimum absolute atomic E-state index is 0.162. The van der Waals surface area contributed by atoms with E-state index in [1.165, 1.54) is 0 Å². The third-order valence-electron chi connectivity index (χ3n) is 2.89. The lowest BCUT2D eigenvalue weighted by atomic mass is 9.84. The van der Waals surface area contributed by atoms with Gasteiger partial charge in [0.2, 0.25) is 0 Å². The van der Waals surface area contributed by atoms with Gasteiger partial charge in [0, 0.05) is 5.92 Å². The minimum atomic E-state index is -4.37. The van der Waals surface area contributed by atoms with Crippen LogP contribution in [0.2, 0.25) is 0 Å². The van der Waals surface area contributed by atoms with E-state index in [1.54, 1.807) is 0 Å². The van der Waals surface area contributed by atoms with Gasteiger partial charge in [0.1, 0.15) is 0 Å². The Balaban J connectivity index is 2.30. The molecule has 0 N–H and O–H groups in total. The molecule has 0 spiro atoms. The molecule has 4 heteroatoms. The Morgan fingerprint density at radius 2 is 2.07 bits per heavy atom. The Morgan fingerprint density at radius 1 is 1.33 bits per heavy atom. The molecule has 1 atom stereocenters. The normalized spacial score (nSPS) is 21.0. The molecule has 0 saturated carbocycles. The molecule has 1 aliphatic carbocycles. The van der Waals surface area contributed by atoms with Crippen LogP contribution in [-0.2, 0) is 16.6 Å². The first-order valence-electron chi connectivity index (χ1n) is 5.06. The largest absolute Gasteiger partial charge is 0.303 e. The van der Waals surface area contributed by atoms with Crippen molar-refractivity contribution in [2.24, 2.45) is 0 Å². The third-order valence-corrected chi connectivity index (χ3v) is 3.69. The monoisotopic (exact) mass is 228 g/mol. The summed E-state index contributed by atoms with van der Waals surface area (Å²) in [6.07, 6.45) is 2.68. The van der Waals surface area contributed by atoms with Gasteiger partial charge < -0.3 is 0 Å². The molecule has 0 heterocycles. The zero-order chi connectivity index (χ0) is 10.9. The van der Waals surface area contributed by atoms with Gasteiger partial charge >= 0.3 is 10.2 Å². The molecule has 82 valence electrons. The summed E-state index contributed by atoms with van der Waals surface area (Å²) in [5.74, 6) is -0.533. The highest BCUT2D eigenvalue weighted by atomic mass is 32.3. The fourth-order valence-electron chi connectivity index (χ4n) is 2.27. The number of fused-ring (bicyclic) bond motifs is 1. The van der Waals surface area contributed by atoms with Crippen molar-refractivity contribution in [3.05, 3.63) is 35.4 Å². The Labute approximate surface area is 89.3 Å². The van der Waals surface area contributed by atoms with Gasteiger partial charge in [-0.05, 0) is 30.4 Å². The van der Waals surface area contributed by atoms with Crippen molar-refractivity contribution in [3.8, 4) is 0 Å². The number of halogens is 1. The minimum Gasteiger partial charge on any atom is -0.195 e. The smallest absolute Gasteiger partial charge is 0.195 e. The lowest BCUT2D eigenvalue weighted by molar-refractivity contribution is 0.527. The SMILES string of the molecule is O=S(=O)(F)CC1CCCc2ccccc21. The predicted molar refractivity (Wildman–Crippen MR) is 57.0 cm³/mol. The van der Waals surface area contributed by atoms with E-state index in [2.05, 4.69) is 0 Å². The zero-order valence-electron chi connectivity index (χ0n) is 8.32. The molecule has 0 aromatic heterocycles. The summed E-state index contributed by atoms with van der Waals surface area (Å²) >= 11 is 0. The molecular weight excluding hydrogens is 215 g/mol. The fourth-order valence-corrected chi connectivity index (χ4v) is 3.09. The quantitative estimate of drug-likeness (QED) is 0.728. The van der Waals surface area contributed by atoms with E-state index in [0.29, 0.717) is 0 Å². The van der Waals surface area contributed by atoms with Crippen molar-refractivity contribution >= 4 is 10.2 Å². The highest BCUT2D eigenvalue weighted by Crippen LogP contribution is 2.32. The molecule has 0 aliphatic heterocycles. The van der Waals surface area contributed by atoms with Gasteiger partial charge in [-0.25, -0.2) is 0 Å². The lowest BCUT2D eigenvalue weighted by Crippen LogP contribution is -2.16. The van der Waals surface area contributed by atoms with E-state index in [-0.39, 0.29) is 11.7 Å². The van der Waals surface area contributed by atoms with Gasteiger partial charge in [0.25, 0.3) is 0 Å². The molecule has 15 heavy (non-hydrogen) atoms. The van der Waals surface area contributed by atoms with Crippen molar-refractivity contribution in [1.29, 1.82) is 0 Å². The van der Waals surface area contributed by atoms with E-state index in [9.17, 15) is 12.3 Å². The Kier molecular flexibility index (Phi) is 2.78. The van der Waals surface area contributed by atoms with Crippen molar-refractivity contribution in [2.45, 2.75) is 25.2 Å². The maximum absolute atomic E-state index is 12.6. The second-order valence-corrected chi connectivity index (χ2v) is 5.40. The molecule has 0 saturated heterocycles. The van der Waals surface area contributed by atoms with E-state index in [0.717, 1.165) is 30.4 Å². The maximum atomic E-state index is 12.6. The fraction of sp³-hybridized carbons (Fsp3) is 0.455. The summed E-state index contributed by atoms with van der Waals surface area (Å²) in [5.41, 5.74) is 2.17. The number of rotatable bonds is 2. The van der Waals surface area contributed by atoms with Crippen LogP contribution < -0.4 is 0 Å². The molecule has 0 bridgehead atoms. The van der Waals surface area contributed by atoms with Crippen LogP contribution in [0.3, 0.4) is 0 Å². The van der Waals surface area contributed by atoms with Crippen LogP contribution in [0.25, 0.3) is 0 Å². The van der Waals surface area contributed by atoms with Crippen LogP contribution in [0.15, 0.2) is 24.3 Å². The van der Waals surface area contributed by atoms with E-state index in [1.807, 2.05) is 24.3 Å². The third kappa shape index (κ3) is 2.56. The van der Waals surface area contributed by atoms with Crippen molar-refractivity contribution in [3.63, 3.8) is 0 Å². The maximum Gasteiger partial charge on any atom is 0.303 e. The average Bonchev–Trinajstić information content (AvgIpc) is 2.16. The van der Waals surface area contributed by atoms with E-state index >= 15 is 0 Å². The summed E-state index contributed by atoms with van der Waals surface area (Å²) in [5, 5.41) is 0. The summed E-state index contributed by atoms with van der Waals surface area (Å²) < 4.78 is 33.9. The first kappa shape index (κ1) is 10.6. The molecule has 1 aliphatic rings. The summed E-state index contributed by atoms with van der Waals surface area (Å²) in [6, 6.07) is 7.71. The molecule has 0 amide bonds. The number of benzene rings is 1. The second-order valence-electron chi connectivity index (χ2n) is 3.99. The Bertz CT molecular complexity index is 453. The summed E-state index contributed by atoms with van der Waals surface area (Å²) in [6.45, 7) is 0. The highest BCUT2D eigenvalue weighted by Gasteiger charge is 2.24. The van der Waals surface area contributed by atoms with Gasteiger partial charge in [0.05, 0.1) is 5.75 Å². The molecule has 1 unspecified atom stereocenters. The molecular formula is C11H13FO2S. The van der Waals surface area contributed by atoms with Crippen molar-refractivity contribution in [1.82, 2.24) is 0 Å². The van der Waals surface area contributed by atoms with Gasteiger partial charge in [-0.3, -0.25) is 0 Å². The highest BCUT2D eigenvalue weighted by molar-refractivity contribution is 7.86. The lowest BCUT2D eigenvalue weighted by Gasteiger charge is -2.23. The first-order valence-corrected chi connectivity index (χ1v) is 6.62. The van der Waals surface area contributed by atoms with Crippen LogP contribution in [0.5, 0.6) is 0 Å². The average molecular weight is 228 g/mol. The summed E-state index contributed by atoms with van der Waals surface area (Å²) in [4.78, 5) is 0. The molecule has 1 aromatic carbocycles. The van der Waals surface area contributed by atoms with Crippen LogP contribution in [-0.4, -0.2) is 14.2 Å². The van der Waals surface area contributed by atoms with E-state index in [4.69, 9.17) is 0 Å². The molecule has 0 fully saturated rings. The molecule has 2 nitrogen and oxygen atoms in total. The Morgan fingerprint density at radius 3 is 2.80 bits per heavy atom. The molecule has 1 aromatic rings. The zero-order valence-corrected chi connectivity index (χ0v) is 9.13. The predicted octanol–water partition coefficient (Wildman–Crippen LogP) is 2.41. The number of hydrogen-bond acceptors (Lipinski definition) is 2. The van der Waals surface area contributed by atoms with Crippen LogP contribution in [0.4, 0.5) is 3.89 Å². The Hall–Kier alpha value is -0.900. The number of aryl methyl sites for hydroxylation is 1. The second kappa shape index (κ2) is 3.93. The molecule has 0 radical (unpaired) electrons. The summed E-state index contributed by atoms with van der Waals surface area (Å²) in [7, 11) is -4.37. The van der Waals surface area contributed by atoms with Gasteiger partial charge in [-0.2, -0.15) is 8.42 Å². The van der Waals surface area contributed by atoms with Gasteiger partial charge in [-0.15, -0.1) is 3.89 Å². The van der Waals surface area contributed by atoms with Crippen LogP contribution >= 0.6 is 0 Å². The van der Waals surface area contributed by atoms with Crippen molar-refractivity contribution in [2.75, 3.05) is 5.75 Å². The van der Waals surface area contributed by atoms with Gasteiger partial charge in [0.15, 0.2) is 0 Å².